The molecule has 0 saturated carbocycles. The minimum Gasteiger partial charge on any atom is -0.444 e. The van der Waals surface area contributed by atoms with Crippen LogP contribution in [0.1, 0.15) is 26.3 Å². The van der Waals surface area contributed by atoms with Gasteiger partial charge in [-0.25, -0.2) is 4.79 Å². The van der Waals surface area contributed by atoms with Gasteiger partial charge >= 0.3 is 6.09 Å². The molecule has 1 heterocycles. The molecule has 1 N–H and O–H groups in total. The Labute approximate surface area is 132 Å². The third-order valence-corrected chi connectivity index (χ3v) is 3.49. The van der Waals surface area contributed by atoms with E-state index < -0.39 is 5.60 Å². The molecule has 1 aliphatic heterocycles. The van der Waals surface area contributed by atoms with Gasteiger partial charge in [0, 0.05) is 25.9 Å². The lowest BCUT2D eigenvalue weighted by atomic mass is 10.1. The van der Waals surface area contributed by atoms with Crippen LogP contribution in [0.5, 0.6) is 0 Å². The molecular weight excluding hydrogens is 280 g/mol. The van der Waals surface area contributed by atoms with Crippen LogP contribution in [-0.4, -0.2) is 49.4 Å². The largest absolute Gasteiger partial charge is 0.444 e. The molecule has 0 radical (unpaired) electrons. The maximum atomic E-state index is 11.9. The Bertz CT molecular complexity index is 505. The predicted octanol–water partition coefficient (Wildman–Crippen LogP) is 2.91. The van der Waals surface area contributed by atoms with Gasteiger partial charge in [0.05, 0.1) is 12.6 Å². The quantitative estimate of drug-likeness (QED) is 0.909. The van der Waals surface area contributed by atoms with Gasteiger partial charge in [-0.3, -0.25) is 0 Å². The zero-order valence-corrected chi connectivity index (χ0v) is 13.9. The number of methoxy groups -OCH3 is 1. The molecule has 2 rings (SSSR count). The van der Waals surface area contributed by atoms with Crippen molar-refractivity contribution in [1.29, 1.82) is 0 Å². The number of benzene rings is 1. The minimum atomic E-state index is -0.442. The van der Waals surface area contributed by atoms with E-state index in [-0.39, 0.29) is 12.1 Å². The van der Waals surface area contributed by atoms with Crippen LogP contribution in [-0.2, 0) is 15.9 Å². The van der Waals surface area contributed by atoms with E-state index >= 15 is 0 Å². The first-order chi connectivity index (χ1) is 10.4. The zero-order valence-electron chi connectivity index (χ0n) is 13.9. The van der Waals surface area contributed by atoms with Crippen LogP contribution >= 0.6 is 0 Å². The first-order valence-corrected chi connectivity index (χ1v) is 7.70. The van der Waals surface area contributed by atoms with Crippen molar-refractivity contribution < 1.29 is 14.3 Å². The number of para-hydroxylation sites is 1. The molecular formula is C17H26N2O3. The summed E-state index contributed by atoms with van der Waals surface area (Å²) in [5.41, 5.74) is 1.91. The molecule has 1 aromatic carbocycles. The molecule has 1 aliphatic rings. The average Bonchev–Trinajstić information content (AvgIpc) is 2.39. The molecule has 0 atom stereocenters. The van der Waals surface area contributed by atoms with Crippen molar-refractivity contribution in [2.75, 3.05) is 32.1 Å². The number of ether oxygens (including phenoxy) is 2. The highest BCUT2D eigenvalue weighted by molar-refractivity contribution is 5.70. The lowest BCUT2D eigenvalue weighted by Crippen LogP contribution is -2.58. The Hall–Kier alpha value is -1.75. The van der Waals surface area contributed by atoms with E-state index in [0.29, 0.717) is 19.7 Å². The Kier molecular flexibility index (Phi) is 5.29. The summed E-state index contributed by atoms with van der Waals surface area (Å²) in [5.74, 6) is 0. The number of likely N-dealkylation sites (tertiary alicyclic amines) is 1. The molecule has 22 heavy (non-hydrogen) atoms. The van der Waals surface area contributed by atoms with Crippen LogP contribution in [0.2, 0.25) is 0 Å². The first-order valence-electron chi connectivity index (χ1n) is 7.70. The SMILES string of the molecule is COCCc1ccccc1NC1CN(C(=O)OC(C)(C)C)C1. The van der Waals surface area contributed by atoms with E-state index in [1.54, 1.807) is 12.0 Å². The highest BCUT2D eigenvalue weighted by Gasteiger charge is 2.33. The standard InChI is InChI=1S/C17H26N2O3/c1-17(2,3)22-16(20)19-11-14(12-19)18-15-8-6-5-7-13(15)9-10-21-4/h5-8,14,18H,9-12H2,1-4H3. The highest BCUT2D eigenvalue weighted by Crippen LogP contribution is 2.21. The Morgan fingerprint density at radius 3 is 2.64 bits per heavy atom. The summed E-state index contributed by atoms with van der Waals surface area (Å²) in [6, 6.07) is 8.50. The van der Waals surface area contributed by atoms with Gasteiger partial charge in [-0.15, -0.1) is 0 Å². The highest BCUT2D eigenvalue weighted by atomic mass is 16.6. The van der Waals surface area contributed by atoms with Gasteiger partial charge in [-0.05, 0) is 38.8 Å². The molecule has 1 saturated heterocycles. The summed E-state index contributed by atoms with van der Waals surface area (Å²) in [5, 5.41) is 3.50. The molecule has 1 fully saturated rings. The van der Waals surface area contributed by atoms with E-state index in [4.69, 9.17) is 9.47 Å². The topological polar surface area (TPSA) is 50.8 Å². The number of carbonyl (C=O) groups excluding carboxylic acids is 1. The lowest BCUT2D eigenvalue weighted by molar-refractivity contribution is 0.0105. The minimum absolute atomic E-state index is 0.238. The fraction of sp³-hybridized carbons (Fsp3) is 0.588. The summed E-state index contributed by atoms with van der Waals surface area (Å²) >= 11 is 0. The van der Waals surface area contributed by atoms with Crippen LogP contribution in [0.4, 0.5) is 10.5 Å². The monoisotopic (exact) mass is 306 g/mol. The Balaban J connectivity index is 1.84. The van der Waals surface area contributed by atoms with Gasteiger partial charge < -0.3 is 19.7 Å². The maximum absolute atomic E-state index is 11.9. The third-order valence-electron chi connectivity index (χ3n) is 3.49. The van der Waals surface area contributed by atoms with Crippen molar-refractivity contribution in [3.8, 4) is 0 Å². The van der Waals surface area contributed by atoms with Crippen molar-refractivity contribution in [2.45, 2.75) is 38.8 Å². The number of nitrogens with one attached hydrogen (secondary N) is 1. The van der Waals surface area contributed by atoms with Gasteiger partial charge in [-0.1, -0.05) is 18.2 Å². The van der Waals surface area contributed by atoms with Gasteiger partial charge in [0.25, 0.3) is 0 Å². The Morgan fingerprint density at radius 2 is 2.00 bits per heavy atom. The van der Waals surface area contributed by atoms with Crippen molar-refractivity contribution >= 4 is 11.8 Å². The van der Waals surface area contributed by atoms with Gasteiger partial charge in [0.1, 0.15) is 5.60 Å². The van der Waals surface area contributed by atoms with Gasteiger partial charge in [-0.2, -0.15) is 0 Å². The van der Waals surface area contributed by atoms with Crippen LogP contribution in [0.25, 0.3) is 0 Å². The summed E-state index contributed by atoms with van der Waals surface area (Å²) < 4.78 is 10.5. The predicted molar refractivity (Wildman–Crippen MR) is 87.2 cm³/mol. The van der Waals surface area contributed by atoms with Gasteiger partial charge in [0.2, 0.25) is 0 Å². The van der Waals surface area contributed by atoms with Crippen LogP contribution in [0.3, 0.4) is 0 Å². The van der Waals surface area contributed by atoms with Crippen molar-refractivity contribution in [1.82, 2.24) is 4.90 Å². The number of carbonyl (C=O) groups is 1. The summed E-state index contributed by atoms with van der Waals surface area (Å²) in [4.78, 5) is 13.6. The average molecular weight is 306 g/mol. The first kappa shape index (κ1) is 16.6. The summed E-state index contributed by atoms with van der Waals surface area (Å²) in [7, 11) is 1.71. The van der Waals surface area contributed by atoms with Crippen LogP contribution in [0, 0.1) is 0 Å². The molecule has 0 spiro atoms. The molecule has 5 nitrogen and oxygen atoms in total. The molecule has 0 unspecified atom stereocenters. The number of hydrogen-bond acceptors (Lipinski definition) is 4. The second kappa shape index (κ2) is 7.01. The fourth-order valence-corrected chi connectivity index (χ4v) is 2.36. The van der Waals surface area contributed by atoms with E-state index in [0.717, 1.165) is 12.1 Å². The van der Waals surface area contributed by atoms with E-state index in [1.807, 2.05) is 32.9 Å². The summed E-state index contributed by atoms with van der Waals surface area (Å²) in [6.07, 6.45) is 0.639. The van der Waals surface area contributed by atoms with Crippen LogP contribution in [0.15, 0.2) is 24.3 Å². The molecule has 0 aliphatic carbocycles. The number of rotatable bonds is 5. The van der Waals surface area contributed by atoms with E-state index in [1.165, 1.54) is 5.56 Å². The number of amides is 1. The molecule has 1 amide bonds. The zero-order chi connectivity index (χ0) is 16.2. The number of nitrogens with zero attached hydrogens (tertiary/aromatic N) is 1. The smallest absolute Gasteiger partial charge is 0.410 e. The third kappa shape index (κ3) is 4.63. The Morgan fingerprint density at radius 1 is 1.32 bits per heavy atom. The van der Waals surface area contributed by atoms with Gasteiger partial charge in [0.15, 0.2) is 0 Å². The second-order valence-corrected chi connectivity index (χ2v) is 6.63. The molecule has 0 bridgehead atoms. The van der Waals surface area contributed by atoms with E-state index in [2.05, 4.69) is 17.4 Å². The van der Waals surface area contributed by atoms with Crippen LogP contribution < -0.4 is 5.32 Å². The lowest BCUT2D eigenvalue weighted by Gasteiger charge is -2.40. The fourth-order valence-electron chi connectivity index (χ4n) is 2.36. The van der Waals surface area contributed by atoms with Crippen molar-refractivity contribution in [3.63, 3.8) is 0 Å². The molecule has 122 valence electrons. The molecule has 5 heteroatoms. The summed E-state index contributed by atoms with van der Waals surface area (Å²) in [6.45, 7) is 7.69. The maximum Gasteiger partial charge on any atom is 0.410 e. The van der Waals surface area contributed by atoms with Crippen molar-refractivity contribution in [3.05, 3.63) is 29.8 Å². The number of anilines is 1. The number of hydrogen-bond donors (Lipinski definition) is 1. The van der Waals surface area contributed by atoms with Crippen molar-refractivity contribution in [2.24, 2.45) is 0 Å². The normalized spacial score (nSPS) is 15.4. The second-order valence-electron chi connectivity index (χ2n) is 6.63. The molecule has 0 aromatic heterocycles. The molecule has 1 aromatic rings. The van der Waals surface area contributed by atoms with E-state index in [9.17, 15) is 4.79 Å².